The van der Waals surface area contributed by atoms with Gasteiger partial charge in [-0.25, -0.2) is 0 Å². The van der Waals surface area contributed by atoms with E-state index in [1.54, 1.807) is 0 Å². The average molecular weight is 172 g/mol. The maximum atomic E-state index is 9.87. The van der Waals surface area contributed by atoms with Crippen molar-refractivity contribution < 1.29 is 5.11 Å². The van der Waals surface area contributed by atoms with Crippen molar-refractivity contribution in [2.45, 2.75) is 71.3 Å². The number of unbranched alkanes of at least 4 members (excludes halogenated alkanes) is 3. The molecule has 0 aliphatic carbocycles. The molecular formula is C11H24O. The highest BCUT2D eigenvalue weighted by molar-refractivity contribution is 4.71. The summed E-state index contributed by atoms with van der Waals surface area (Å²) in [5.41, 5.74) is -0.398. The second-order valence-corrected chi connectivity index (χ2v) is 4.06. The minimum Gasteiger partial charge on any atom is -0.390 e. The van der Waals surface area contributed by atoms with Gasteiger partial charge in [0.25, 0.3) is 0 Å². The molecule has 0 rings (SSSR count). The maximum Gasteiger partial charge on any atom is 0.0619 e. The SMILES string of the molecule is CCCCCC(C)(O)CCCC. The summed E-state index contributed by atoms with van der Waals surface area (Å²) in [6.45, 7) is 6.33. The quantitative estimate of drug-likeness (QED) is 0.583. The maximum absolute atomic E-state index is 9.87. The van der Waals surface area contributed by atoms with Crippen molar-refractivity contribution in [3.8, 4) is 0 Å². The van der Waals surface area contributed by atoms with Crippen LogP contribution < -0.4 is 0 Å². The molecule has 0 spiro atoms. The lowest BCUT2D eigenvalue weighted by atomic mass is 9.93. The first-order valence-corrected chi connectivity index (χ1v) is 5.34. The Kier molecular flexibility index (Phi) is 6.45. The lowest BCUT2D eigenvalue weighted by Gasteiger charge is -2.22. The van der Waals surface area contributed by atoms with Crippen LogP contribution in [0.2, 0.25) is 0 Å². The summed E-state index contributed by atoms with van der Waals surface area (Å²) in [6.07, 6.45) is 7.94. The van der Waals surface area contributed by atoms with E-state index >= 15 is 0 Å². The third kappa shape index (κ3) is 6.66. The molecule has 1 unspecified atom stereocenters. The van der Waals surface area contributed by atoms with Crippen LogP contribution in [0.3, 0.4) is 0 Å². The Morgan fingerprint density at radius 1 is 0.917 bits per heavy atom. The highest BCUT2D eigenvalue weighted by atomic mass is 16.3. The van der Waals surface area contributed by atoms with Crippen LogP contribution in [0.25, 0.3) is 0 Å². The molecule has 0 aliphatic heterocycles. The summed E-state index contributed by atoms with van der Waals surface area (Å²) >= 11 is 0. The van der Waals surface area contributed by atoms with Crippen molar-refractivity contribution in [3.63, 3.8) is 0 Å². The van der Waals surface area contributed by atoms with Crippen molar-refractivity contribution in [1.82, 2.24) is 0 Å². The average Bonchev–Trinajstić information content (AvgIpc) is 2.01. The Morgan fingerprint density at radius 2 is 1.42 bits per heavy atom. The topological polar surface area (TPSA) is 20.2 Å². The zero-order valence-electron chi connectivity index (χ0n) is 8.90. The lowest BCUT2D eigenvalue weighted by Crippen LogP contribution is -2.23. The summed E-state index contributed by atoms with van der Waals surface area (Å²) in [6, 6.07) is 0. The molecule has 12 heavy (non-hydrogen) atoms. The second kappa shape index (κ2) is 6.47. The van der Waals surface area contributed by atoms with Gasteiger partial charge in [0.2, 0.25) is 0 Å². The van der Waals surface area contributed by atoms with E-state index in [9.17, 15) is 5.11 Å². The predicted octanol–water partition coefficient (Wildman–Crippen LogP) is 3.51. The molecule has 0 radical (unpaired) electrons. The largest absolute Gasteiger partial charge is 0.390 e. The smallest absolute Gasteiger partial charge is 0.0619 e. The van der Waals surface area contributed by atoms with Crippen molar-refractivity contribution in [2.75, 3.05) is 0 Å². The lowest BCUT2D eigenvalue weighted by molar-refractivity contribution is 0.0372. The monoisotopic (exact) mass is 172 g/mol. The Morgan fingerprint density at radius 3 is 1.92 bits per heavy atom. The third-order valence-corrected chi connectivity index (χ3v) is 2.39. The zero-order valence-corrected chi connectivity index (χ0v) is 8.90. The number of hydrogen-bond acceptors (Lipinski definition) is 1. The fourth-order valence-corrected chi connectivity index (χ4v) is 1.44. The molecule has 1 nitrogen and oxygen atoms in total. The summed E-state index contributed by atoms with van der Waals surface area (Å²) in [5, 5.41) is 9.87. The number of rotatable bonds is 7. The van der Waals surface area contributed by atoms with E-state index in [1.165, 1.54) is 25.7 Å². The molecule has 0 aromatic heterocycles. The molecule has 0 fully saturated rings. The fraction of sp³-hybridized carbons (Fsp3) is 1.00. The first-order chi connectivity index (χ1) is 5.62. The molecule has 0 amide bonds. The molecule has 1 N–H and O–H groups in total. The van der Waals surface area contributed by atoms with E-state index in [4.69, 9.17) is 0 Å². The molecule has 0 heterocycles. The van der Waals surface area contributed by atoms with Crippen LogP contribution in [0.4, 0.5) is 0 Å². The molecule has 74 valence electrons. The fourth-order valence-electron chi connectivity index (χ4n) is 1.44. The molecule has 1 heteroatoms. The van der Waals surface area contributed by atoms with E-state index in [1.807, 2.05) is 6.92 Å². The molecule has 0 aromatic rings. The first kappa shape index (κ1) is 12.0. The van der Waals surface area contributed by atoms with Crippen LogP contribution in [0.1, 0.15) is 65.7 Å². The van der Waals surface area contributed by atoms with Crippen LogP contribution in [0.15, 0.2) is 0 Å². The van der Waals surface area contributed by atoms with Crippen molar-refractivity contribution >= 4 is 0 Å². The number of hydrogen-bond donors (Lipinski definition) is 1. The Bertz CT molecular complexity index is 97.2. The van der Waals surface area contributed by atoms with Crippen LogP contribution in [0, 0.1) is 0 Å². The molecule has 0 bridgehead atoms. The van der Waals surface area contributed by atoms with Gasteiger partial charge in [-0.15, -0.1) is 0 Å². The van der Waals surface area contributed by atoms with Gasteiger partial charge in [-0.05, 0) is 19.8 Å². The minimum atomic E-state index is -0.398. The van der Waals surface area contributed by atoms with E-state index in [0.29, 0.717) is 0 Å². The van der Waals surface area contributed by atoms with Crippen molar-refractivity contribution in [2.24, 2.45) is 0 Å². The van der Waals surface area contributed by atoms with E-state index in [-0.39, 0.29) is 0 Å². The minimum absolute atomic E-state index is 0.398. The zero-order chi connectivity index (χ0) is 9.45. The molecule has 1 atom stereocenters. The van der Waals surface area contributed by atoms with Gasteiger partial charge in [0.05, 0.1) is 5.60 Å². The van der Waals surface area contributed by atoms with E-state index in [2.05, 4.69) is 13.8 Å². The second-order valence-electron chi connectivity index (χ2n) is 4.06. The van der Waals surface area contributed by atoms with Crippen molar-refractivity contribution in [1.29, 1.82) is 0 Å². The van der Waals surface area contributed by atoms with Crippen LogP contribution in [0.5, 0.6) is 0 Å². The molecule has 0 aromatic carbocycles. The van der Waals surface area contributed by atoms with Gasteiger partial charge in [-0.1, -0.05) is 46.0 Å². The summed E-state index contributed by atoms with van der Waals surface area (Å²) < 4.78 is 0. The first-order valence-electron chi connectivity index (χ1n) is 5.34. The normalized spacial score (nSPS) is 16.0. The van der Waals surface area contributed by atoms with Gasteiger partial charge in [0, 0.05) is 0 Å². The molecular weight excluding hydrogens is 148 g/mol. The highest BCUT2D eigenvalue weighted by Crippen LogP contribution is 2.20. The number of aliphatic hydroxyl groups is 1. The Labute approximate surface area is 77.2 Å². The van der Waals surface area contributed by atoms with Gasteiger partial charge in [-0.3, -0.25) is 0 Å². The van der Waals surface area contributed by atoms with Crippen LogP contribution in [-0.4, -0.2) is 10.7 Å². The van der Waals surface area contributed by atoms with E-state index < -0.39 is 5.60 Å². The molecule has 0 aliphatic rings. The van der Waals surface area contributed by atoms with Gasteiger partial charge < -0.3 is 5.11 Å². The van der Waals surface area contributed by atoms with Crippen LogP contribution >= 0.6 is 0 Å². The summed E-state index contributed by atoms with van der Waals surface area (Å²) in [7, 11) is 0. The van der Waals surface area contributed by atoms with Gasteiger partial charge in [0.1, 0.15) is 0 Å². The van der Waals surface area contributed by atoms with Gasteiger partial charge in [-0.2, -0.15) is 0 Å². The standard InChI is InChI=1S/C11H24O/c1-4-6-8-10-11(3,12)9-7-5-2/h12H,4-10H2,1-3H3. The Hall–Kier alpha value is -0.0400. The molecule has 0 saturated heterocycles. The van der Waals surface area contributed by atoms with Gasteiger partial charge in [0.15, 0.2) is 0 Å². The predicted molar refractivity (Wildman–Crippen MR) is 54.3 cm³/mol. The summed E-state index contributed by atoms with van der Waals surface area (Å²) in [4.78, 5) is 0. The third-order valence-electron chi connectivity index (χ3n) is 2.39. The van der Waals surface area contributed by atoms with Crippen LogP contribution in [-0.2, 0) is 0 Å². The molecule has 0 saturated carbocycles. The van der Waals surface area contributed by atoms with E-state index in [0.717, 1.165) is 19.3 Å². The van der Waals surface area contributed by atoms with Gasteiger partial charge >= 0.3 is 0 Å². The highest BCUT2D eigenvalue weighted by Gasteiger charge is 2.17. The van der Waals surface area contributed by atoms with Crippen molar-refractivity contribution in [3.05, 3.63) is 0 Å². The summed E-state index contributed by atoms with van der Waals surface area (Å²) in [5.74, 6) is 0. The Balaban J connectivity index is 3.42.